The highest BCUT2D eigenvalue weighted by Gasteiger charge is 2.12. The highest BCUT2D eigenvalue weighted by molar-refractivity contribution is 5.89. The molecule has 1 fully saturated rings. The Labute approximate surface area is 136 Å². The molecule has 1 saturated heterocycles. The number of amides is 2. The molecule has 0 bridgehead atoms. The summed E-state index contributed by atoms with van der Waals surface area (Å²) in [6.07, 6.45) is 5.57. The van der Waals surface area contributed by atoms with Crippen LogP contribution in [0.2, 0.25) is 0 Å². The molecule has 1 aliphatic heterocycles. The maximum Gasteiger partial charge on any atom is 0.319 e. The summed E-state index contributed by atoms with van der Waals surface area (Å²) in [5.74, 6) is 1.01. The van der Waals surface area contributed by atoms with Gasteiger partial charge in [0, 0.05) is 31.5 Å². The summed E-state index contributed by atoms with van der Waals surface area (Å²) in [5.41, 5.74) is 1.84. The Morgan fingerprint density at radius 3 is 2.65 bits per heavy atom. The lowest BCUT2D eigenvalue weighted by Crippen LogP contribution is -2.31. The monoisotopic (exact) mass is 310 g/mol. The number of nitrogens with one attached hydrogen (secondary N) is 2. The number of anilines is 2. The molecule has 1 aromatic heterocycles. The van der Waals surface area contributed by atoms with E-state index in [1.807, 2.05) is 42.6 Å². The molecule has 2 amide bonds. The molecular weight excluding hydrogens is 288 g/mol. The third-order valence-electron chi connectivity index (χ3n) is 3.97. The number of piperidine rings is 1. The smallest absolute Gasteiger partial charge is 0.319 e. The van der Waals surface area contributed by atoms with Crippen molar-refractivity contribution in [3.63, 3.8) is 0 Å². The molecule has 23 heavy (non-hydrogen) atoms. The lowest BCUT2D eigenvalue weighted by atomic mass is 10.1. The van der Waals surface area contributed by atoms with Gasteiger partial charge in [-0.2, -0.15) is 0 Å². The molecule has 3 rings (SSSR count). The minimum atomic E-state index is -0.201. The number of urea groups is 1. The molecule has 0 saturated carbocycles. The number of nitrogens with zero attached hydrogens (tertiary/aromatic N) is 2. The molecule has 1 aliphatic rings. The van der Waals surface area contributed by atoms with E-state index in [0.717, 1.165) is 30.2 Å². The third-order valence-corrected chi connectivity index (χ3v) is 3.97. The average molecular weight is 310 g/mol. The first-order chi connectivity index (χ1) is 11.3. The van der Waals surface area contributed by atoms with Crippen molar-refractivity contribution in [2.45, 2.75) is 25.8 Å². The highest BCUT2D eigenvalue weighted by Crippen LogP contribution is 2.18. The maximum atomic E-state index is 11.9. The Morgan fingerprint density at radius 2 is 1.87 bits per heavy atom. The van der Waals surface area contributed by atoms with Gasteiger partial charge in [0.05, 0.1) is 0 Å². The van der Waals surface area contributed by atoms with E-state index >= 15 is 0 Å². The van der Waals surface area contributed by atoms with Crippen molar-refractivity contribution in [2.24, 2.45) is 0 Å². The van der Waals surface area contributed by atoms with Gasteiger partial charge in [0.1, 0.15) is 5.82 Å². The summed E-state index contributed by atoms with van der Waals surface area (Å²) in [4.78, 5) is 18.7. The van der Waals surface area contributed by atoms with Gasteiger partial charge in [0.15, 0.2) is 0 Å². The van der Waals surface area contributed by atoms with Crippen molar-refractivity contribution >= 4 is 17.5 Å². The fourth-order valence-corrected chi connectivity index (χ4v) is 2.75. The molecule has 0 atom stereocenters. The first-order valence-electron chi connectivity index (χ1n) is 8.11. The van der Waals surface area contributed by atoms with Crippen LogP contribution >= 0.6 is 0 Å². The number of rotatable bonds is 4. The van der Waals surface area contributed by atoms with E-state index in [4.69, 9.17) is 0 Å². The van der Waals surface area contributed by atoms with Gasteiger partial charge in [0.25, 0.3) is 0 Å². The fourth-order valence-electron chi connectivity index (χ4n) is 2.75. The van der Waals surface area contributed by atoms with Gasteiger partial charge in [-0.1, -0.05) is 18.2 Å². The molecule has 2 N–H and O–H groups in total. The number of aromatic nitrogens is 1. The molecule has 2 aromatic rings. The zero-order valence-electron chi connectivity index (χ0n) is 13.2. The lowest BCUT2D eigenvalue weighted by Gasteiger charge is -2.27. The summed E-state index contributed by atoms with van der Waals surface area (Å²) >= 11 is 0. The summed E-state index contributed by atoms with van der Waals surface area (Å²) in [5, 5.41) is 5.70. The molecular formula is C18H22N4O. The summed E-state index contributed by atoms with van der Waals surface area (Å²) < 4.78 is 0. The Hall–Kier alpha value is -2.56. The molecule has 5 nitrogen and oxygen atoms in total. The van der Waals surface area contributed by atoms with Crippen LogP contribution in [0, 0.1) is 0 Å². The molecule has 120 valence electrons. The van der Waals surface area contributed by atoms with E-state index in [1.165, 1.54) is 19.3 Å². The highest BCUT2D eigenvalue weighted by atomic mass is 16.2. The van der Waals surface area contributed by atoms with Crippen LogP contribution in [0.25, 0.3) is 0 Å². The topological polar surface area (TPSA) is 57.3 Å². The van der Waals surface area contributed by atoms with E-state index in [-0.39, 0.29) is 6.03 Å². The number of hydrogen-bond donors (Lipinski definition) is 2. The Bertz CT molecular complexity index is 638. The van der Waals surface area contributed by atoms with Crippen LogP contribution in [-0.2, 0) is 6.54 Å². The van der Waals surface area contributed by atoms with E-state index in [0.29, 0.717) is 6.54 Å². The second-order valence-corrected chi connectivity index (χ2v) is 5.74. The van der Waals surface area contributed by atoms with Crippen LogP contribution in [0.1, 0.15) is 24.8 Å². The molecule has 0 radical (unpaired) electrons. The lowest BCUT2D eigenvalue weighted by molar-refractivity contribution is 0.251. The number of benzene rings is 1. The Morgan fingerprint density at radius 1 is 1.09 bits per heavy atom. The van der Waals surface area contributed by atoms with Crippen molar-refractivity contribution in [3.05, 3.63) is 54.2 Å². The molecule has 2 heterocycles. The number of pyridine rings is 1. The molecule has 1 aromatic carbocycles. The van der Waals surface area contributed by atoms with Gasteiger partial charge in [-0.05, 0) is 49.1 Å². The van der Waals surface area contributed by atoms with E-state index in [2.05, 4.69) is 26.6 Å². The van der Waals surface area contributed by atoms with Crippen LogP contribution < -0.4 is 15.5 Å². The minimum absolute atomic E-state index is 0.201. The first kappa shape index (κ1) is 15.3. The molecule has 0 spiro atoms. The average Bonchev–Trinajstić information content (AvgIpc) is 2.62. The quantitative estimate of drug-likeness (QED) is 0.910. The number of hydrogen-bond acceptors (Lipinski definition) is 3. The van der Waals surface area contributed by atoms with Crippen LogP contribution in [0.15, 0.2) is 48.7 Å². The van der Waals surface area contributed by atoms with Gasteiger partial charge >= 0.3 is 6.03 Å². The van der Waals surface area contributed by atoms with E-state index in [9.17, 15) is 4.79 Å². The van der Waals surface area contributed by atoms with E-state index < -0.39 is 0 Å². The second-order valence-electron chi connectivity index (χ2n) is 5.74. The number of carbonyl (C=O) groups is 1. The van der Waals surface area contributed by atoms with Crippen molar-refractivity contribution in [1.29, 1.82) is 0 Å². The Kier molecular flexibility index (Phi) is 5.09. The van der Waals surface area contributed by atoms with Crippen LogP contribution in [0.3, 0.4) is 0 Å². The van der Waals surface area contributed by atoms with Crippen molar-refractivity contribution in [1.82, 2.24) is 10.3 Å². The predicted octanol–water partition coefficient (Wildman–Crippen LogP) is 3.39. The zero-order chi connectivity index (χ0) is 15.9. The van der Waals surface area contributed by atoms with Crippen molar-refractivity contribution in [3.8, 4) is 0 Å². The normalized spacial score (nSPS) is 14.3. The van der Waals surface area contributed by atoms with Gasteiger partial charge in [-0.15, -0.1) is 0 Å². The van der Waals surface area contributed by atoms with Crippen LogP contribution in [-0.4, -0.2) is 24.1 Å². The SMILES string of the molecule is O=C(NCc1ccnc(N2CCCCC2)c1)Nc1ccccc1. The Balaban J connectivity index is 1.54. The summed E-state index contributed by atoms with van der Waals surface area (Å²) in [6.45, 7) is 2.62. The standard InChI is InChI=1S/C18H22N4O/c23-18(21-16-7-3-1-4-8-16)20-14-15-9-10-19-17(13-15)22-11-5-2-6-12-22/h1,3-4,7-10,13H,2,5-6,11-12,14H2,(H2,20,21,23). The first-order valence-corrected chi connectivity index (χ1v) is 8.11. The van der Waals surface area contributed by atoms with Crippen molar-refractivity contribution < 1.29 is 4.79 Å². The fraction of sp³-hybridized carbons (Fsp3) is 0.333. The van der Waals surface area contributed by atoms with Gasteiger partial charge < -0.3 is 15.5 Å². The second kappa shape index (κ2) is 7.63. The summed E-state index contributed by atoms with van der Waals surface area (Å²) in [6, 6.07) is 13.2. The molecule has 0 aliphatic carbocycles. The van der Waals surface area contributed by atoms with Gasteiger partial charge in [-0.3, -0.25) is 0 Å². The zero-order valence-corrected chi connectivity index (χ0v) is 13.2. The van der Waals surface area contributed by atoms with Crippen LogP contribution in [0.5, 0.6) is 0 Å². The summed E-state index contributed by atoms with van der Waals surface area (Å²) in [7, 11) is 0. The molecule has 5 heteroatoms. The number of carbonyl (C=O) groups excluding carboxylic acids is 1. The van der Waals surface area contributed by atoms with Gasteiger partial charge in [-0.25, -0.2) is 9.78 Å². The predicted molar refractivity (Wildman–Crippen MR) is 92.6 cm³/mol. The van der Waals surface area contributed by atoms with Crippen LogP contribution in [0.4, 0.5) is 16.3 Å². The van der Waals surface area contributed by atoms with E-state index in [1.54, 1.807) is 0 Å². The molecule has 0 unspecified atom stereocenters. The van der Waals surface area contributed by atoms with Gasteiger partial charge in [0.2, 0.25) is 0 Å². The number of para-hydroxylation sites is 1. The largest absolute Gasteiger partial charge is 0.357 e. The minimum Gasteiger partial charge on any atom is -0.357 e. The third kappa shape index (κ3) is 4.45. The maximum absolute atomic E-state index is 11.9. The van der Waals surface area contributed by atoms with Crippen molar-refractivity contribution in [2.75, 3.05) is 23.3 Å².